The zero-order chi connectivity index (χ0) is 5.70. The van der Waals surface area contributed by atoms with Crippen molar-refractivity contribution in [3.63, 3.8) is 0 Å². The predicted octanol–water partition coefficient (Wildman–Crippen LogP) is 0.872. The Kier molecular flexibility index (Phi) is 3.74. The number of nitrogens with one attached hydrogen (secondary N) is 1. The number of nitrogens with two attached hydrogens (primary N) is 1. The standard InChI is InChI=1S/C4H7BrN2/c1-2-4(5)3-7-6/h2-3,7H,1,6H2/b4-3+. The van der Waals surface area contributed by atoms with Crippen LogP contribution in [0.25, 0.3) is 0 Å². The molecule has 7 heavy (non-hydrogen) atoms. The molecule has 3 N–H and O–H groups in total. The molecule has 0 spiro atoms. The summed E-state index contributed by atoms with van der Waals surface area (Å²) in [6, 6.07) is 0. The third-order valence-corrected chi connectivity index (χ3v) is 0.969. The Bertz CT molecular complexity index is 87.7. The lowest BCUT2D eigenvalue weighted by molar-refractivity contribution is 0.966. The van der Waals surface area contributed by atoms with Crippen LogP contribution in [0.15, 0.2) is 23.3 Å². The minimum absolute atomic E-state index is 0.843. The third kappa shape index (κ3) is 3.55. The summed E-state index contributed by atoms with van der Waals surface area (Å²) in [4.78, 5) is 0. The highest BCUT2D eigenvalue weighted by molar-refractivity contribution is 9.11. The maximum absolute atomic E-state index is 4.90. The summed E-state index contributed by atoms with van der Waals surface area (Å²) >= 11 is 3.14. The summed E-state index contributed by atoms with van der Waals surface area (Å²) in [7, 11) is 0. The second-order valence-corrected chi connectivity index (χ2v) is 1.82. The van der Waals surface area contributed by atoms with Crippen LogP contribution in [0.1, 0.15) is 0 Å². The van der Waals surface area contributed by atoms with Gasteiger partial charge >= 0.3 is 0 Å². The average Bonchev–Trinajstić information content (AvgIpc) is 1.68. The minimum Gasteiger partial charge on any atom is -0.330 e. The van der Waals surface area contributed by atoms with Gasteiger partial charge in [-0.25, -0.2) is 0 Å². The fourth-order valence-electron chi connectivity index (χ4n) is 0.139. The topological polar surface area (TPSA) is 38.0 Å². The van der Waals surface area contributed by atoms with Crippen molar-refractivity contribution >= 4 is 15.9 Å². The molecule has 0 unspecified atom stereocenters. The number of hydrazine groups is 1. The molecule has 0 aliphatic rings. The molecular weight excluding hydrogens is 156 g/mol. The van der Waals surface area contributed by atoms with E-state index in [-0.39, 0.29) is 0 Å². The molecule has 40 valence electrons. The Morgan fingerprint density at radius 3 is 2.57 bits per heavy atom. The van der Waals surface area contributed by atoms with Crippen LogP contribution in [0.2, 0.25) is 0 Å². The van der Waals surface area contributed by atoms with E-state index in [1.165, 1.54) is 0 Å². The maximum Gasteiger partial charge on any atom is 0.0340 e. The summed E-state index contributed by atoms with van der Waals surface area (Å²) < 4.78 is 0.843. The van der Waals surface area contributed by atoms with Gasteiger partial charge in [0.15, 0.2) is 0 Å². The fourth-order valence-corrected chi connectivity index (χ4v) is 0.271. The van der Waals surface area contributed by atoms with E-state index in [1.807, 2.05) is 0 Å². The SMILES string of the molecule is C=C/C(Br)=C\NN. The summed E-state index contributed by atoms with van der Waals surface area (Å²) in [5.74, 6) is 4.90. The first-order valence-electron chi connectivity index (χ1n) is 1.75. The second kappa shape index (κ2) is 3.89. The highest BCUT2D eigenvalue weighted by Gasteiger charge is 1.73. The minimum atomic E-state index is 0.843. The normalized spacial score (nSPS) is 10.9. The van der Waals surface area contributed by atoms with E-state index >= 15 is 0 Å². The van der Waals surface area contributed by atoms with Gasteiger partial charge in [0.1, 0.15) is 0 Å². The molecular formula is C4H7BrN2. The molecule has 0 aliphatic carbocycles. The maximum atomic E-state index is 4.90. The molecule has 0 bridgehead atoms. The van der Waals surface area contributed by atoms with Gasteiger partial charge in [0, 0.05) is 10.7 Å². The zero-order valence-corrected chi connectivity index (χ0v) is 5.40. The molecule has 0 amide bonds. The van der Waals surface area contributed by atoms with Crippen molar-refractivity contribution in [3.05, 3.63) is 23.3 Å². The van der Waals surface area contributed by atoms with Crippen molar-refractivity contribution in [2.24, 2.45) is 5.84 Å². The quantitative estimate of drug-likeness (QED) is 0.360. The van der Waals surface area contributed by atoms with Crippen molar-refractivity contribution < 1.29 is 0 Å². The summed E-state index contributed by atoms with van der Waals surface area (Å²) in [5.41, 5.74) is 2.34. The molecule has 0 rings (SSSR count). The Hall–Kier alpha value is -0.280. The molecule has 0 aliphatic heterocycles. The monoisotopic (exact) mass is 162 g/mol. The van der Waals surface area contributed by atoms with Crippen LogP contribution in [0.4, 0.5) is 0 Å². The lowest BCUT2D eigenvalue weighted by atomic mass is 10.6. The highest BCUT2D eigenvalue weighted by Crippen LogP contribution is 2.01. The van der Waals surface area contributed by atoms with E-state index < -0.39 is 0 Å². The molecule has 0 aromatic carbocycles. The molecule has 0 saturated heterocycles. The number of allylic oxidation sites excluding steroid dienone is 2. The van der Waals surface area contributed by atoms with Gasteiger partial charge in [-0.3, -0.25) is 5.84 Å². The Labute approximate surface area is 51.2 Å². The van der Waals surface area contributed by atoms with Gasteiger partial charge in [0.05, 0.1) is 0 Å². The first-order chi connectivity index (χ1) is 3.31. The predicted molar refractivity (Wildman–Crippen MR) is 34.5 cm³/mol. The Balaban J connectivity index is 3.49. The number of hydrogen-bond donors (Lipinski definition) is 2. The van der Waals surface area contributed by atoms with E-state index in [2.05, 4.69) is 27.9 Å². The smallest absolute Gasteiger partial charge is 0.0340 e. The van der Waals surface area contributed by atoms with Gasteiger partial charge in [0.25, 0.3) is 0 Å². The van der Waals surface area contributed by atoms with Crippen LogP contribution in [-0.4, -0.2) is 0 Å². The van der Waals surface area contributed by atoms with Crippen molar-refractivity contribution in [2.75, 3.05) is 0 Å². The first kappa shape index (κ1) is 6.72. The van der Waals surface area contributed by atoms with E-state index in [0.29, 0.717) is 0 Å². The van der Waals surface area contributed by atoms with Crippen molar-refractivity contribution in [1.82, 2.24) is 5.43 Å². The van der Waals surface area contributed by atoms with Crippen LogP contribution in [0.3, 0.4) is 0 Å². The van der Waals surface area contributed by atoms with Crippen LogP contribution < -0.4 is 11.3 Å². The molecule has 0 radical (unpaired) electrons. The van der Waals surface area contributed by atoms with Crippen LogP contribution in [-0.2, 0) is 0 Å². The Morgan fingerprint density at radius 1 is 1.86 bits per heavy atom. The van der Waals surface area contributed by atoms with Crippen LogP contribution in [0.5, 0.6) is 0 Å². The second-order valence-electron chi connectivity index (χ2n) is 0.900. The highest BCUT2D eigenvalue weighted by atomic mass is 79.9. The first-order valence-corrected chi connectivity index (χ1v) is 2.54. The van der Waals surface area contributed by atoms with Crippen LogP contribution >= 0.6 is 15.9 Å². The van der Waals surface area contributed by atoms with Gasteiger partial charge in [0.2, 0.25) is 0 Å². The molecule has 0 aromatic heterocycles. The van der Waals surface area contributed by atoms with Crippen molar-refractivity contribution in [1.29, 1.82) is 0 Å². The summed E-state index contributed by atoms with van der Waals surface area (Å²) in [6.45, 7) is 3.47. The molecule has 0 heterocycles. The molecule has 0 saturated carbocycles. The molecule has 0 fully saturated rings. The molecule has 2 nitrogen and oxygen atoms in total. The lowest BCUT2D eigenvalue weighted by Crippen LogP contribution is -2.13. The van der Waals surface area contributed by atoms with Gasteiger partial charge < -0.3 is 5.43 Å². The van der Waals surface area contributed by atoms with Crippen molar-refractivity contribution in [3.8, 4) is 0 Å². The number of hydrogen-bond acceptors (Lipinski definition) is 2. The third-order valence-electron chi connectivity index (χ3n) is 0.416. The summed E-state index contributed by atoms with van der Waals surface area (Å²) in [6.07, 6.45) is 3.23. The molecule has 0 atom stereocenters. The van der Waals surface area contributed by atoms with E-state index in [1.54, 1.807) is 12.3 Å². The number of rotatable bonds is 2. The Morgan fingerprint density at radius 2 is 2.43 bits per heavy atom. The largest absolute Gasteiger partial charge is 0.330 e. The van der Waals surface area contributed by atoms with Gasteiger partial charge in [-0.15, -0.1) is 0 Å². The van der Waals surface area contributed by atoms with Gasteiger partial charge in [-0.2, -0.15) is 0 Å². The molecule has 0 aromatic rings. The molecule has 3 heteroatoms. The lowest BCUT2D eigenvalue weighted by Gasteiger charge is -1.85. The zero-order valence-electron chi connectivity index (χ0n) is 3.82. The van der Waals surface area contributed by atoms with Gasteiger partial charge in [-0.05, 0) is 15.9 Å². The number of halogens is 1. The van der Waals surface area contributed by atoms with E-state index in [4.69, 9.17) is 5.84 Å². The fraction of sp³-hybridized carbons (Fsp3) is 0. The van der Waals surface area contributed by atoms with E-state index in [9.17, 15) is 0 Å². The van der Waals surface area contributed by atoms with Gasteiger partial charge in [-0.1, -0.05) is 12.7 Å². The summed E-state index contributed by atoms with van der Waals surface area (Å²) in [5, 5.41) is 0. The average molecular weight is 163 g/mol. The van der Waals surface area contributed by atoms with E-state index in [0.717, 1.165) is 4.48 Å². The van der Waals surface area contributed by atoms with Crippen molar-refractivity contribution in [2.45, 2.75) is 0 Å². The van der Waals surface area contributed by atoms with Crippen LogP contribution in [0, 0.1) is 0 Å².